The molecule has 18 heavy (non-hydrogen) atoms. The van der Waals surface area contributed by atoms with Crippen molar-refractivity contribution < 1.29 is 17.9 Å². The molecule has 1 aromatic carbocycles. The van der Waals surface area contributed by atoms with E-state index in [-0.39, 0.29) is 12.6 Å². The summed E-state index contributed by atoms with van der Waals surface area (Å²) >= 11 is 1.27. The van der Waals surface area contributed by atoms with Crippen molar-refractivity contribution in [1.29, 1.82) is 0 Å². The van der Waals surface area contributed by atoms with E-state index in [4.69, 9.17) is 10.5 Å². The molecule has 0 heterocycles. The summed E-state index contributed by atoms with van der Waals surface area (Å²) in [7, 11) is 0. The summed E-state index contributed by atoms with van der Waals surface area (Å²) in [5.74, 6) is 0. The maximum absolute atomic E-state index is 12.7. The molecule has 0 spiro atoms. The van der Waals surface area contributed by atoms with E-state index in [1.807, 2.05) is 0 Å². The van der Waals surface area contributed by atoms with Crippen molar-refractivity contribution in [3.63, 3.8) is 0 Å². The predicted octanol–water partition coefficient (Wildman–Crippen LogP) is 3.29. The Morgan fingerprint density at radius 3 is 2.50 bits per heavy atom. The van der Waals surface area contributed by atoms with Crippen LogP contribution in [0.4, 0.5) is 13.2 Å². The Kier molecular flexibility index (Phi) is 5.49. The van der Waals surface area contributed by atoms with Crippen LogP contribution in [0.25, 0.3) is 0 Å². The number of ether oxygens (including phenoxy) is 1. The number of halogens is 3. The second-order valence-corrected chi connectivity index (χ2v) is 4.94. The first-order chi connectivity index (χ1) is 8.32. The van der Waals surface area contributed by atoms with Crippen LogP contribution in [0.5, 0.6) is 0 Å². The Balaban J connectivity index is 2.84. The summed E-state index contributed by atoms with van der Waals surface area (Å²) in [4.78, 5) is 0.573. The number of hydrogen-bond acceptors (Lipinski definition) is 3. The summed E-state index contributed by atoms with van der Waals surface area (Å²) in [5.41, 5.74) is 5.37. The van der Waals surface area contributed by atoms with Gasteiger partial charge in [0.25, 0.3) is 0 Å². The van der Waals surface area contributed by atoms with E-state index in [0.717, 1.165) is 12.1 Å². The standard InChI is InChI=1S/C12H16F3NOS/c1-8(16)6-17-7-9-3-10(12(13,14)15)5-11(4-9)18-2/h3-5,8H,6-7,16H2,1-2H3. The molecule has 0 aromatic heterocycles. The Labute approximate surface area is 109 Å². The summed E-state index contributed by atoms with van der Waals surface area (Å²) in [6.07, 6.45) is -2.59. The third-order valence-electron chi connectivity index (χ3n) is 2.18. The zero-order chi connectivity index (χ0) is 13.8. The number of alkyl halides is 3. The Morgan fingerprint density at radius 1 is 1.33 bits per heavy atom. The first-order valence-corrected chi connectivity index (χ1v) is 6.64. The van der Waals surface area contributed by atoms with Crippen molar-refractivity contribution in [3.8, 4) is 0 Å². The van der Waals surface area contributed by atoms with Gasteiger partial charge in [-0.25, -0.2) is 0 Å². The fraction of sp³-hybridized carbons (Fsp3) is 0.500. The first kappa shape index (κ1) is 15.3. The summed E-state index contributed by atoms with van der Waals surface area (Å²) < 4.78 is 43.2. The predicted molar refractivity (Wildman–Crippen MR) is 66.5 cm³/mol. The molecule has 1 unspecified atom stereocenters. The summed E-state index contributed by atoms with van der Waals surface area (Å²) in [6.45, 7) is 2.24. The van der Waals surface area contributed by atoms with Crippen LogP contribution in [0.1, 0.15) is 18.1 Å². The minimum Gasteiger partial charge on any atom is -0.375 e. The monoisotopic (exact) mass is 279 g/mol. The second-order valence-electron chi connectivity index (χ2n) is 4.06. The molecule has 102 valence electrons. The van der Waals surface area contributed by atoms with Crippen molar-refractivity contribution in [1.82, 2.24) is 0 Å². The van der Waals surface area contributed by atoms with Gasteiger partial charge in [0.1, 0.15) is 0 Å². The van der Waals surface area contributed by atoms with E-state index in [9.17, 15) is 13.2 Å². The maximum atomic E-state index is 12.7. The molecule has 2 N–H and O–H groups in total. The highest BCUT2D eigenvalue weighted by Crippen LogP contribution is 2.32. The third-order valence-corrected chi connectivity index (χ3v) is 2.89. The van der Waals surface area contributed by atoms with Crippen molar-refractivity contribution in [2.45, 2.75) is 30.6 Å². The normalized spacial score (nSPS) is 13.7. The van der Waals surface area contributed by atoms with Crippen LogP contribution in [-0.4, -0.2) is 18.9 Å². The minimum absolute atomic E-state index is 0.129. The highest BCUT2D eigenvalue weighted by Gasteiger charge is 2.31. The Bertz CT molecular complexity index is 393. The topological polar surface area (TPSA) is 35.2 Å². The molecule has 0 fully saturated rings. The van der Waals surface area contributed by atoms with Gasteiger partial charge in [0, 0.05) is 10.9 Å². The third kappa shape index (κ3) is 4.88. The largest absolute Gasteiger partial charge is 0.416 e. The molecule has 2 nitrogen and oxygen atoms in total. The van der Waals surface area contributed by atoms with Crippen LogP contribution in [0.2, 0.25) is 0 Å². The van der Waals surface area contributed by atoms with E-state index >= 15 is 0 Å². The Morgan fingerprint density at radius 2 is 2.00 bits per heavy atom. The number of benzene rings is 1. The van der Waals surface area contributed by atoms with Crippen LogP contribution >= 0.6 is 11.8 Å². The van der Waals surface area contributed by atoms with Gasteiger partial charge in [-0.1, -0.05) is 0 Å². The molecule has 1 atom stereocenters. The lowest BCUT2D eigenvalue weighted by molar-refractivity contribution is -0.137. The highest BCUT2D eigenvalue weighted by molar-refractivity contribution is 7.98. The molecule has 6 heteroatoms. The molecule has 0 amide bonds. The number of nitrogens with two attached hydrogens (primary N) is 1. The van der Waals surface area contributed by atoms with Gasteiger partial charge < -0.3 is 10.5 Å². The number of rotatable bonds is 5. The van der Waals surface area contributed by atoms with Gasteiger partial charge in [-0.15, -0.1) is 11.8 Å². The summed E-state index contributed by atoms with van der Waals surface area (Å²) in [6, 6.07) is 3.82. The van der Waals surface area contributed by atoms with Crippen LogP contribution in [0.3, 0.4) is 0 Å². The molecule has 0 aliphatic rings. The van der Waals surface area contributed by atoms with Crippen molar-refractivity contribution >= 4 is 11.8 Å². The lowest BCUT2D eigenvalue weighted by Crippen LogP contribution is -2.21. The zero-order valence-electron chi connectivity index (χ0n) is 10.3. The van der Waals surface area contributed by atoms with Crippen LogP contribution < -0.4 is 5.73 Å². The lowest BCUT2D eigenvalue weighted by atomic mass is 10.1. The molecule has 0 saturated carbocycles. The molecule has 0 saturated heterocycles. The van der Waals surface area contributed by atoms with E-state index in [1.165, 1.54) is 11.8 Å². The smallest absolute Gasteiger partial charge is 0.375 e. The highest BCUT2D eigenvalue weighted by atomic mass is 32.2. The number of thioether (sulfide) groups is 1. The molecule has 1 aromatic rings. The van der Waals surface area contributed by atoms with E-state index in [2.05, 4.69) is 0 Å². The van der Waals surface area contributed by atoms with Crippen molar-refractivity contribution in [2.75, 3.05) is 12.9 Å². The Hall–Kier alpha value is -0.720. The number of hydrogen-bond donors (Lipinski definition) is 1. The van der Waals surface area contributed by atoms with Crippen molar-refractivity contribution in [3.05, 3.63) is 29.3 Å². The van der Waals surface area contributed by atoms with Gasteiger partial charge in [-0.2, -0.15) is 13.2 Å². The fourth-order valence-electron chi connectivity index (χ4n) is 1.39. The molecule has 1 rings (SSSR count). The minimum atomic E-state index is -4.33. The van der Waals surface area contributed by atoms with E-state index in [1.54, 1.807) is 19.2 Å². The average molecular weight is 279 g/mol. The molecular formula is C12H16F3NOS. The summed E-state index contributed by atoms with van der Waals surface area (Å²) in [5, 5.41) is 0. The van der Waals surface area contributed by atoms with Gasteiger partial charge in [-0.3, -0.25) is 0 Å². The van der Waals surface area contributed by atoms with Gasteiger partial charge in [0.2, 0.25) is 0 Å². The maximum Gasteiger partial charge on any atom is 0.416 e. The molecule has 0 aliphatic heterocycles. The van der Waals surface area contributed by atoms with Gasteiger partial charge in [0.05, 0.1) is 18.8 Å². The van der Waals surface area contributed by atoms with Crippen LogP contribution in [0, 0.1) is 0 Å². The van der Waals surface area contributed by atoms with Gasteiger partial charge >= 0.3 is 6.18 Å². The van der Waals surface area contributed by atoms with E-state index in [0.29, 0.717) is 17.1 Å². The van der Waals surface area contributed by atoms with Gasteiger partial charge in [-0.05, 0) is 36.9 Å². The first-order valence-electron chi connectivity index (χ1n) is 5.41. The second kappa shape index (κ2) is 6.45. The van der Waals surface area contributed by atoms with Crippen LogP contribution in [-0.2, 0) is 17.5 Å². The molecule has 0 aliphatic carbocycles. The zero-order valence-corrected chi connectivity index (χ0v) is 11.1. The molecule has 0 bridgehead atoms. The van der Waals surface area contributed by atoms with Crippen molar-refractivity contribution in [2.24, 2.45) is 5.73 Å². The molecular weight excluding hydrogens is 263 g/mol. The quantitative estimate of drug-likeness (QED) is 0.840. The van der Waals surface area contributed by atoms with Gasteiger partial charge in [0.15, 0.2) is 0 Å². The van der Waals surface area contributed by atoms with Crippen LogP contribution in [0.15, 0.2) is 23.1 Å². The average Bonchev–Trinajstić information content (AvgIpc) is 2.27. The lowest BCUT2D eigenvalue weighted by Gasteiger charge is -2.12. The molecule has 0 radical (unpaired) electrons. The van der Waals surface area contributed by atoms with E-state index < -0.39 is 11.7 Å². The fourth-order valence-corrected chi connectivity index (χ4v) is 1.90. The SMILES string of the molecule is CSc1cc(COCC(C)N)cc(C(F)(F)F)c1.